The number of carbonyl (C=O) groups is 1. The van der Waals surface area contributed by atoms with E-state index < -0.39 is 5.60 Å². The van der Waals surface area contributed by atoms with Crippen LogP contribution in [0.2, 0.25) is 0 Å². The zero-order valence-electron chi connectivity index (χ0n) is 14.2. The Bertz CT molecular complexity index is 546. The highest BCUT2D eigenvalue weighted by Crippen LogP contribution is 2.25. The second-order valence-electron chi connectivity index (χ2n) is 7.08. The fourth-order valence-corrected chi connectivity index (χ4v) is 3.80. The van der Waals surface area contributed by atoms with Gasteiger partial charge in [-0.15, -0.1) is 0 Å². The van der Waals surface area contributed by atoms with Gasteiger partial charge in [0.2, 0.25) is 5.91 Å². The average Bonchev–Trinajstić information content (AvgIpc) is 3.21. The van der Waals surface area contributed by atoms with Gasteiger partial charge >= 0.3 is 0 Å². The van der Waals surface area contributed by atoms with Crippen molar-refractivity contribution in [1.82, 2.24) is 15.0 Å². The molecular formula is C17H27N3O3. The molecule has 1 aromatic heterocycles. The van der Waals surface area contributed by atoms with Crippen molar-refractivity contribution in [1.29, 1.82) is 0 Å². The van der Waals surface area contributed by atoms with E-state index >= 15 is 0 Å². The monoisotopic (exact) mass is 321 g/mol. The molecule has 0 radical (unpaired) electrons. The molecule has 128 valence electrons. The van der Waals surface area contributed by atoms with Crippen LogP contribution in [0.15, 0.2) is 4.52 Å². The molecule has 2 aliphatic heterocycles. The normalized spacial score (nSPS) is 25.4. The lowest BCUT2D eigenvalue weighted by Crippen LogP contribution is -2.45. The number of rotatable bonds is 5. The van der Waals surface area contributed by atoms with Gasteiger partial charge in [-0.25, -0.2) is 0 Å². The van der Waals surface area contributed by atoms with E-state index in [2.05, 4.69) is 10.1 Å². The molecule has 0 unspecified atom stereocenters. The van der Waals surface area contributed by atoms with Crippen molar-refractivity contribution in [3.8, 4) is 0 Å². The molecule has 0 spiro atoms. The van der Waals surface area contributed by atoms with Crippen LogP contribution in [0.3, 0.4) is 0 Å². The Morgan fingerprint density at radius 3 is 2.70 bits per heavy atom. The van der Waals surface area contributed by atoms with Crippen LogP contribution < -0.4 is 0 Å². The first-order chi connectivity index (χ1) is 11.0. The number of amides is 1. The van der Waals surface area contributed by atoms with E-state index in [-0.39, 0.29) is 5.91 Å². The Kier molecular flexibility index (Phi) is 4.73. The molecule has 0 aliphatic carbocycles. The highest BCUT2D eigenvalue weighted by molar-refractivity contribution is 5.77. The summed E-state index contributed by atoms with van der Waals surface area (Å²) in [6, 6.07) is 0. The summed E-state index contributed by atoms with van der Waals surface area (Å²) in [7, 11) is 0. The molecule has 6 nitrogen and oxygen atoms in total. The van der Waals surface area contributed by atoms with Crippen LogP contribution >= 0.6 is 0 Å². The standard InChI is InChI=1S/C17H27N3O3/c1-13-15(14(2)23-18-13)5-6-16(21)20-10-7-17(22,12-20)11-19-8-3-4-9-19/h22H,3-12H2,1-2H3/t17-/m1/s1. The first kappa shape index (κ1) is 16.5. The predicted molar refractivity (Wildman–Crippen MR) is 86.1 cm³/mol. The van der Waals surface area contributed by atoms with Gasteiger partial charge in [-0.05, 0) is 52.6 Å². The number of hydrogen-bond donors (Lipinski definition) is 1. The number of carbonyl (C=O) groups excluding carboxylic acids is 1. The third kappa shape index (κ3) is 3.75. The molecular weight excluding hydrogens is 294 g/mol. The second-order valence-corrected chi connectivity index (χ2v) is 7.08. The number of likely N-dealkylation sites (tertiary alicyclic amines) is 2. The van der Waals surface area contributed by atoms with Crippen LogP contribution in [-0.2, 0) is 11.2 Å². The molecule has 23 heavy (non-hydrogen) atoms. The maximum absolute atomic E-state index is 12.4. The molecule has 0 aromatic carbocycles. The van der Waals surface area contributed by atoms with E-state index in [0.717, 1.165) is 30.1 Å². The number of aryl methyl sites for hydroxylation is 2. The number of nitrogens with zero attached hydrogens (tertiary/aromatic N) is 3. The van der Waals surface area contributed by atoms with Crippen molar-refractivity contribution in [2.75, 3.05) is 32.7 Å². The highest BCUT2D eigenvalue weighted by atomic mass is 16.5. The lowest BCUT2D eigenvalue weighted by molar-refractivity contribution is -0.131. The first-order valence-corrected chi connectivity index (χ1v) is 8.61. The lowest BCUT2D eigenvalue weighted by atomic mass is 10.0. The Labute approximate surface area is 137 Å². The highest BCUT2D eigenvalue weighted by Gasteiger charge is 2.39. The molecule has 6 heteroatoms. The van der Waals surface area contributed by atoms with Gasteiger partial charge in [-0.1, -0.05) is 5.16 Å². The van der Waals surface area contributed by atoms with Gasteiger partial charge in [0.05, 0.1) is 17.8 Å². The van der Waals surface area contributed by atoms with Crippen molar-refractivity contribution in [2.45, 2.75) is 51.6 Å². The Morgan fingerprint density at radius 2 is 2.04 bits per heavy atom. The second kappa shape index (κ2) is 6.61. The number of hydrogen-bond acceptors (Lipinski definition) is 5. The Hall–Kier alpha value is -1.40. The van der Waals surface area contributed by atoms with Crippen LogP contribution in [0.1, 0.15) is 42.7 Å². The van der Waals surface area contributed by atoms with Gasteiger partial charge in [-0.3, -0.25) is 4.79 Å². The third-order valence-corrected chi connectivity index (χ3v) is 5.17. The maximum Gasteiger partial charge on any atom is 0.223 e. The smallest absolute Gasteiger partial charge is 0.223 e. The third-order valence-electron chi connectivity index (χ3n) is 5.17. The summed E-state index contributed by atoms with van der Waals surface area (Å²) >= 11 is 0. The lowest BCUT2D eigenvalue weighted by Gasteiger charge is -2.28. The van der Waals surface area contributed by atoms with Crippen LogP contribution in [0.25, 0.3) is 0 Å². The summed E-state index contributed by atoms with van der Waals surface area (Å²) in [4.78, 5) is 16.6. The number of aromatic nitrogens is 1. The Morgan fingerprint density at radius 1 is 1.30 bits per heavy atom. The SMILES string of the molecule is Cc1noc(C)c1CCC(=O)N1CC[C@@](O)(CN2CCCC2)C1. The number of aliphatic hydroxyl groups is 1. The average molecular weight is 321 g/mol. The number of β-amino-alcohol motifs (C(OH)–C–C–N with tert-alkyl or cyclic N) is 1. The summed E-state index contributed by atoms with van der Waals surface area (Å²) in [6.45, 7) is 7.74. The summed E-state index contributed by atoms with van der Waals surface area (Å²) in [5, 5.41) is 14.7. The van der Waals surface area contributed by atoms with Gasteiger partial charge in [0.1, 0.15) is 5.76 Å². The topological polar surface area (TPSA) is 69.8 Å². The van der Waals surface area contributed by atoms with Gasteiger partial charge < -0.3 is 19.4 Å². The summed E-state index contributed by atoms with van der Waals surface area (Å²) in [5.74, 6) is 0.907. The van der Waals surface area contributed by atoms with E-state index in [1.165, 1.54) is 12.8 Å². The fourth-order valence-electron chi connectivity index (χ4n) is 3.80. The molecule has 2 aliphatic rings. The fraction of sp³-hybridized carbons (Fsp3) is 0.765. The minimum Gasteiger partial charge on any atom is -0.387 e. The minimum absolute atomic E-state index is 0.113. The van der Waals surface area contributed by atoms with Crippen LogP contribution in [0.4, 0.5) is 0 Å². The maximum atomic E-state index is 12.4. The van der Waals surface area contributed by atoms with E-state index in [1.54, 1.807) is 0 Å². The van der Waals surface area contributed by atoms with Crippen molar-refractivity contribution >= 4 is 5.91 Å². The molecule has 1 N–H and O–H groups in total. The molecule has 0 saturated carbocycles. The van der Waals surface area contributed by atoms with Gasteiger partial charge in [0, 0.05) is 25.1 Å². The molecule has 3 rings (SSSR count). The van der Waals surface area contributed by atoms with Gasteiger partial charge in [0.15, 0.2) is 0 Å². The summed E-state index contributed by atoms with van der Waals surface area (Å²) in [5.41, 5.74) is 1.16. The minimum atomic E-state index is -0.733. The quantitative estimate of drug-likeness (QED) is 0.885. The summed E-state index contributed by atoms with van der Waals surface area (Å²) in [6.07, 6.45) is 4.22. The zero-order chi connectivity index (χ0) is 16.4. The van der Waals surface area contributed by atoms with Gasteiger partial charge in [-0.2, -0.15) is 0 Å². The first-order valence-electron chi connectivity index (χ1n) is 8.61. The summed E-state index contributed by atoms with van der Waals surface area (Å²) < 4.78 is 5.14. The molecule has 2 saturated heterocycles. The van der Waals surface area contributed by atoms with E-state index in [1.807, 2.05) is 18.7 Å². The zero-order valence-corrected chi connectivity index (χ0v) is 14.2. The van der Waals surface area contributed by atoms with E-state index in [9.17, 15) is 9.90 Å². The van der Waals surface area contributed by atoms with Crippen molar-refractivity contribution in [3.63, 3.8) is 0 Å². The molecule has 0 bridgehead atoms. The molecule has 1 aromatic rings. The van der Waals surface area contributed by atoms with Crippen molar-refractivity contribution in [3.05, 3.63) is 17.0 Å². The van der Waals surface area contributed by atoms with Crippen LogP contribution in [0.5, 0.6) is 0 Å². The van der Waals surface area contributed by atoms with Gasteiger partial charge in [0.25, 0.3) is 0 Å². The molecule has 1 amide bonds. The van der Waals surface area contributed by atoms with Crippen molar-refractivity contribution < 1.29 is 14.4 Å². The van der Waals surface area contributed by atoms with Crippen LogP contribution in [-0.4, -0.2) is 64.3 Å². The largest absolute Gasteiger partial charge is 0.387 e. The van der Waals surface area contributed by atoms with E-state index in [0.29, 0.717) is 38.9 Å². The Balaban J connectivity index is 1.51. The molecule has 2 fully saturated rings. The molecule has 1 atom stereocenters. The molecule has 3 heterocycles. The van der Waals surface area contributed by atoms with Crippen LogP contribution in [0, 0.1) is 13.8 Å². The van der Waals surface area contributed by atoms with Crippen molar-refractivity contribution in [2.24, 2.45) is 0 Å². The van der Waals surface area contributed by atoms with E-state index in [4.69, 9.17) is 4.52 Å². The predicted octanol–water partition coefficient (Wildman–Crippen LogP) is 1.28.